The molecular weight excluding hydrogens is 412 g/mol. The Bertz CT molecular complexity index is 1320. The highest BCUT2D eigenvalue weighted by molar-refractivity contribution is 7.98. The smallest absolute Gasteiger partial charge is 0.268 e. The minimum atomic E-state index is -0.883. The van der Waals surface area contributed by atoms with Crippen LogP contribution in [0, 0.1) is 21.7 Å². The molecule has 1 aromatic heterocycles. The summed E-state index contributed by atoms with van der Waals surface area (Å²) in [6.45, 7) is 0. The van der Waals surface area contributed by atoms with Gasteiger partial charge in [-0.25, -0.2) is 13.8 Å². The first-order chi connectivity index (χ1) is 14.4. The molecule has 0 aliphatic heterocycles. The van der Waals surface area contributed by atoms with Gasteiger partial charge in [-0.1, -0.05) is 36.0 Å². The topological polar surface area (TPSA) is 78.0 Å². The maximum absolute atomic E-state index is 14.5. The van der Waals surface area contributed by atoms with Gasteiger partial charge in [0.15, 0.2) is 5.16 Å². The minimum absolute atomic E-state index is 0.0297. The van der Waals surface area contributed by atoms with Crippen LogP contribution in [0.15, 0.2) is 76.7 Å². The van der Waals surface area contributed by atoms with Crippen LogP contribution in [0.5, 0.6) is 0 Å². The first-order valence-electron chi connectivity index (χ1n) is 8.77. The van der Waals surface area contributed by atoms with Crippen LogP contribution in [-0.4, -0.2) is 14.5 Å². The summed E-state index contributed by atoms with van der Waals surface area (Å²) in [5, 5.41) is 11.3. The molecule has 0 amide bonds. The number of nitro groups is 1. The molecule has 4 rings (SSSR count). The molecule has 3 aromatic carbocycles. The Labute approximate surface area is 173 Å². The number of non-ortho nitro benzene ring substituents is 1. The lowest BCUT2D eigenvalue weighted by Gasteiger charge is -2.14. The van der Waals surface area contributed by atoms with E-state index >= 15 is 0 Å². The van der Waals surface area contributed by atoms with Crippen LogP contribution in [-0.2, 0) is 5.75 Å². The SMILES string of the molecule is O=c1c2ccccc2nc(SCc2ccc([N+](=O)[O-])cc2)n1-c1ccc(F)cc1F. The summed E-state index contributed by atoms with van der Waals surface area (Å²) in [5.41, 5.74) is 0.604. The van der Waals surface area contributed by atoms with Crippen molar-refractivity contribution in [1.82, 2.24) is 9.55 Å². The van der Waals surface area contributed by atoms with E-state index in [1.54, 1.807) is 36.4 Å². The number of nitrogens with zero attached hydrogens (tertiary/aromatic N) is 3. The Kier molecular flexibility index (Phi) is 5.28. The van der Waals surface area contributed by atoms with Gasteiger partial charge in [-0.3, -0.25) is 19.5 Å². The predicted octanol–water partition coefficient (Wildman–Crippen LogP) is 4.86. The van der Waals surface area contributed by atoms with Crippen molar-refractivity contribution in [2.45, 2.75) is 10.9 Å². The standard InChI is InChI=1S/C21H13F2N3O3S/c22-14-7-10-19(17(23)11-14)25-20(27)16-3-1-2-4-18(16)24-21(25)30-12-13-5-8-15(9-6-13)26(28)29/h1-11H,12H2. The molecule has 0 aliphatic rings. The van der Waals surface area contributed by atoms with Gasteiger partial charge in [0.05, 0.1) is 21.5 Å². The van der Waals surface area contributed by atoms with Gasteiger partial charge < -0.3 is 0 Å². The molecule has 150 valence electrons. The molecule has 9 heteroatoms. The highest BCUT2D eigenvalue weighted by Crippen LogP contribution is 2.26. The van der Waals surface area contributed by atoms with E-state index in [1.165, 1.54) is 30.0 Å². The zero-order chi connectivity index (χ0) is 21.3. The second-order valence-electron chi connectivity index (χ2n) is 6.36. The third-order valence-electron chi connectivity index (χ3n) is 4.41. The number of hydrogen-bond donors (Lipinski definition) is 0. The summed E-state index contributed by atoms with van der Waals surface area (Å²) < 4.78 is 29.0. The highest BCUT2D eigenvalue weighted by Gasteiger charge is 2.17. The largest absolute Gasteiger partial charge is 0.269 e. The van der Waals surface area contributed by atoms with E-state index in [2.05, 4.69) is 4.98 Å². The zero-order valence-corrected chi connectivity index (χ0v) is 16.1. The molecule has 0 fully saturated rings. The fourth-order valence-corrected chi connectivity index (χ4v) is 3.91. The quantitative estimate of drug-likeness (QED) is 0.197. The molecule has 6 nitrogen and oxygen atoms in total. The van der Waals surface area contributed by atoms with Crippen LogP contribution in [0.1, 0.15) is 5.56 Å². The summed E-state index contributed by atoms with van der Waals surface area (Å²) in [6, 6.07) is 15.6. The molecule has 0 saturated carbocycles. The molecule has 0 atom stereocenters. The van der Waals surface area contributed by atoms with Gasteiger partial charge in [0.2, 0.25) is 0 Å². The molecule has 0 N–H and O–H groups in total. The third kappa shape index (κ3) is 3.79. The van der Waals surface area contributed by atoms with E-state index in [4.69, 9.17) is 0 Å². The molecule has 4 aromatic rings. The molecule has 0 spiro atoms. The van der Waals surface area contributed by atoms with Crippen LogP contribution in [0.25, 0.3) is 16.6 Å². The lowest BCUT2D eigenvalue weighted by atomic mass is 10.2. The van der Waals surface area contributed by atoms with Crippen LogP contribution < -0.4 is 5.56 Å². The van der Waals surface area contributed by atoms with E-state index in [0.717, 1.165) is 16.2 Å². The minimum Gasteiger partial charge on any atom is -0.268 e. The lowest BCUT2D eigenvalue weighted by Crippen LogP contribution is -2.22. The average molecular weight is 425 g/mol. The van der Waals surface area contributed by atoms with Crippen molar-refractivity contribution in [2.24, 2.45) is 0 Å². The van der Waals surface area contributed by atoms with Crippen molar-refractivity contribution in [3.05, 3.63) is 104 Å². The second kappa shape index (κ2) is 8.03. The summed E-state index contributed by atoms with van der Waals surface area (Å²) >= 11 is 1.17. The molecule has 1 heterocycles. The van der Waals surface area contributed by atoms with Crippen molar-refractivity contribution in [2.75, 3.05) is 0 Å². The Hall–Kier alpha value is -3.59. The molecule has 0 radical (unpaired) electrons. The van der Waals surface area contributed by atoms with Gasteiger partial charge in [0, 0.05) is 24.0 Å². The highest BCUT2D eigenvalue weighted by atomic mass is 32.2. The van der Waals surface area contributed by atoms with Gasteiger partial charge in [0.1, 0.15) is 11.6 Å². The monoisotopic (exact) mass is 425 g/mol. The van der Waals surface area contributed by atoms with Gasteiger partial charge in [-0.15, -0.1) is 0 Å². The number of aromatic nitrogens is 2. The summed E-state index contributed by atoms with van der Waals surface area (Å²) in [6.07, 6.45) is 0. The fraction of sp³-hybridized carbons (Fsp3) is 0.0476. The Morgan fingerprint density at radius 3 is 2.47 bits per heavy atom. The number of thioether (sulfide) groups is 1. The molecule has 0 bridgehead atoms. The first kappa shape index (κ1) is 19.7. The van der Waals surface area contributed by atoms with E-state index < -0.39 is 22.1 Å². The average Bonchev–Trinajstić information content (AvgIpc) is 2.73. The summed E-state index contributed by atoms with van der Waals surface area (Å²) in [4.78, 5) is 27.9. The summed E-state index contributed by atoms with van der Waals surface area (Å²) in [7, 11) is 0. The molecule has 0 aliphatic carbocycles. The maximum Gasteiger partial charge on any atom is 0.269 e. The predicted molar refractivity (Wildman–Crippen MR) is 110 cm³/mol. The van der Waals surface area contributed by atoms with Gasteiger partial charge in [-0.2, -0.15) is 0 Å². The van der Waals surface area contributed by atoms with Gasteiger partial charge >= 0.3 is 0 Å². The van der Waals surface area contributed by atoms with Crippen LogP contribution in [0.2, 0.25) is 0 Å². The molecule has 30 heavy (non-hydrogen) atoms. The zero-order valence-electron chi connectivity index (χ0n) is 15.3. The number of halogens is 2. The van der Waals surface area contributed by atoms with Crippen molar-refractivity contribution in [1.29, 1.82) is 0 Å². The van der Waals surface area contributed by atoms with Crippen LogP contribution in [0.3, 0.4) is 0 Å². The Balaban J connectivity index is 1.79. The van der Waals surface area contributed by atoms with Crippen LogP contribution >= 0.6 is 11.8 Å². The number of rotatable bonds is 5. The summed E-state index contributed by atoms with van der Waals surface area (Å²) in [5.74, 6) is -1.30. The lowest BCUT2D eigenvalue weighted by molar-refractivity contribution is -0.384. The van der Waals surface area contributed by atoms with Crippen molar-refractivity contribution >= 4 is 28.4 Å². The van der Waals surface area contributed by atoms with E-state index in [9.17, 15) is 23.7 Å². The number of nitro benzene ring substituents is 1. The van der Waals surface area contributed by atoms with E-state index in [0.29, 0.717) is 22.7 Å². The number of hydrogen-bond acceptors (Lipinski definition) is 5. The maximum atomic E-state index is 14.5. The van der Waals surface area contributed by atoms with E-state index in [-0.39, 0.29) is 16.5 Å². The van der Waals surface area contributed by atoms with Gasteiger partial charge in [-0.05, 0) is 29.8 Å². The Morgan fingerprint density at radius 2 is 1.77 bits per heavy atom. The molecule has 0 unspecified atom stereocenters. The third-order valence-corrected chi connectivity index (χ3v) is 5.42. The van der Waals surface area contributed by atoms with E-state index in [1.807, 2.05) is 0 Å². The number of para-hydroxylation sites is 1. The fourth-order valence-electron chi connectivity index (χ4n) is 2.95. The normalized spacial score (nSPS) is 11.0. The van der Waals surface area contributed by atoms with Crippen molar-refractivity contribution in [3.8, 4) is 5.69 Å². The van der Waals surface area contributed by atoms with Crippen LogP contribution in [0.4, 0.5) is 14.5 Å². The number of fused-ring (bicyclic) bond motifs is 1. The van der Waals surface area contributed by atoms with Gasteiger partial charge in [0.25, 0.3) is 11.2 Å². The van der Waals surface area contributed by atoms with Crippen molar-refractivity contribution in [3.63, 3.8) is 0 Å². The second-order valence-corrected chi connectivity index (χ2v) is 7.30. The first-order valence-corrected chi connectivity index (χ1v) is 9.76. The Morgan fingerprint density at radius 1 is 1.03 bits per heavy atom. The molecular formula is C21H13F2N3O3S. The van der Waals surface area contributed by atoms with Crippen molar-refractivity contribution < 1.29 is 13.7 Å². The molecule has 0 saturated heterocycles. The number of benzene rings is 3.